The third kappa shape index (κ3) is 4.27. The van der Waals surface area contributed by atoms with Crippen molar-refractivity contribution in [3.05, 3.63) is 71.0 Å². The molecule has 2 aromatic heterocycles. The van der Waals surface area contributed by atoms with E-state index in [0.29, 0.717) is 22.4 Å². The highest BCUT2D eigenvalue weighted by atomic mass is 19.4. The minimum Gasteiger partial charge on any atom is -0.350 e. The molecule has 1 amide bonds. The lowest BCUT2D eigenvalue weighted by Crippen LogP contribution is -2.28. The molecule has 0 bridgehead atoms. The van der Waals surface area contributed by atoms with E-state index in [4.69, 9.17) is 0 Å². The van der Waals surface area contributed by atoms with Crippen LogP contribution in [0.2, 0.25) is 0 Å². The summed E-state index contributed by atoms with van der Waals surface area (Å²) in [6, 6.07) is 12.9. The molecule has 31 heavy (non-hydrogen) atoms. The Kier molecular flexibility index (Phi) is 5.22. The quantitative estimate of drug-likeness (QED) is 0.527. The van der Waals surface area contributed by atoms with E-state index in [0.717, 1.165) is 11.8 Å². The molecule has 0 radical (unpaired) electrons. The molecule has 0 atom stereocenters. The number of hydrogen-bond acceptors (Lipinski definition) is 4. The lowest BCUT2D eigenvalue weighted by molar-refractivity contribution is -0.138. The Balaban J connectivity index is 1.53. The Labute approximate surface area is 175 Å². The predicted molar refractivity (Wildman–Crippen MR) is 107 cm³/mol. The van der Waals surface area contributed by atoms with Gasteiger partial charge in [0.2, 0.25) is 5.91 Å². The summed E-state index contributed by atoms with van der Waals surface area (Å²) in [6.45, 7) is 3.13. The molecule has 7 nitrogen and oxygen atoms in total. The van der Waals surface area contributed by atoms with E-state index in [9.17, 15) is 18.0 Å². The van der Waals surface area contributed by atoms with E-state index >= 15 is 0 Å². The van der Waals surface area contributed by atoms with Crippen molar-refractivity contribution in [2.24, 2.45) is 0 Å². The van der Waals surface area contributed by atoms with Crippen molar-refractivity contribution in [3.8, 4) is 5.69 Å². The number of nitrogens with zero attached hydrogens (tertiary/aromatic N) is 5. The third-order valence-corrected chi connectivity index (χ3v) is 4.84. The first-order valence-electron chi connectivity index (χ1n) is 9.51. The summed E-state index contributed by atoms with van der Waals surface area (Å²) in [5, 5.41) is 14.7. The van der Waals surface area contributed by atoms with Crippen LogP contribution in [-0.2, 0) is 24.1 Å². The largest absolute Gasteiger partial charge is 0.416 e. The van der Waals surface area contributed by atoms with Crippen molar-refractivity contribution in [1.82, 2.24) is 30.1 Å². The summed E-state index contributed by atoms with van der Waals surface area (Å²) in [5.74, 6) is -0.466. The Morgan fingerprint density at radius 2 is 1.87 bits per heavy atom. The number of amides is 1. The fourth-order valence-electron chi connectivity index (χ4n) is 3.42. The second-order valence-electron chi connectivity index (χ2n) is 7.19. The van der Waals surface area contributed by atoms with Crippen molar-refractivity contribution in [2.75, 3.05) is 0 Å². The molecule has 0 saturated carbocycles. The molecule has 1 N–H and O–H groups in total. The Morgan fingerprint density at radius 3 is 2.58 bits per heavy atom. The zero-order chi connectivity index (χ0) is 22.2. The van der Waals surface area contributed by atoms with Gasteiger partial charge in [-0.15, -0.1) is 5.10 Å². The molecular formula is C21H19F3N6O. The zero-order valence-corrected chi connectivity index (χ0v) is 16.8. The maximum atomic E-state index is 13.7. The van der Waals surface area contributed by atoms with Gasteiger partial charge < -0.3 is 5.32 Å². The molecule has 0 aliphatic heterocycles. The maximum absolute atomic E-state index is 13.7. The summed E-state index contributed by atoms with van der Waals surface area (Å²) in [5.41, 5.74) is 2.20. The summed E-state index contributed by atoms with van der Waals surface area (Å²) < 4.78 is 43.9. The molecule has 0 spiro atoms. The molecule has 0 aliphatic rings. The minimum atomic E-state index is -4.58. The summed E-state index contributed by atoms with van der Waals surface area (Å²) in [4.78, 5) is 12.3. The van der Waals surface area contributed by atoms with Crippen LogP contribution in [-0.4, -0.2) is 30.7 Å². The lowest BCUT2D eigenvalue weighted by atomic mass is 10.1. The number of fused-ring (bicyclic) bond motifs is 1. The molecule has 2 heterocycles. The second-order valence-corrected chi connectivity index (χ2v) is 7.19. The van der Waals surface area contributed by atoms with E-state index in [1.54, 1.807) is 50.2 Å². The normalized spacial score (nSPS) is 11.8. The highest BCUT2D eigenvalue weighted by Crippen LogP contribution is 2.33. The van der Waals surface area contributed by atoms with Crippen LogP contribution in [0.25, 0.3) is 16.7 Å². The van der Waals surface area contributed by atoms with E-state index in [-0.39, 0.29) is 18.7 Å². The van der Waals surface area contributed by atoms with Crippen molar-refractivity contribution < 1.29 is 18.0 Å². The number of alkyl halides is 3. The van der Waals surface area contributed by atoms with Crippen molar-refractivity contribution in [2.45, 2.75) is 33.1 Å². The van der Waals surface area contributed by atoms with Crippen LogP contribution in [0.4, 0.5) is 13.2 Å². The fourth-order valence-corrected chi connectivity index (χ4v) is 3.42. The lowest BCUT2D eigenvalue weighted by Gasteiger charge is -2.16. The van der Waals surface area contributed by atoms with Gasteiger partial charge in [0.05, 0.1) is 22.5 Å². The molecule has 10 heteroatoms. The summed E-state index contributed by atoms with van der Waals surface area (Å²) in [6.07, 6.45) is -4.58. The summed E-state index contributed by atoms with van der Waals surface area (Å²) >= 11 is 0. The smallest absolute Gasteiger partial charge is 0.350 e. The standard InChI is InChI=1S/C21H19F3N6O/c1-13-9-14(2)30(27-13)16-8-7-15(17(10-16)21(22,23)24)11-25-20(31)12-29-19-6-4-3-5-18(19)26-28-29/h3-10H,11-12H2,1-2H3,(H,25,31). The van der Waals surface area contributed by atoms with Crippen LogP contribution in [0, 0.1) is 13.8 Å². The van der Waals surface area contributed by atoms with Gasteiger partial charge in [-0.05, 0) is 49.7 Å². The number of aryl methyl sites for hydroxylation is 2. The van der Waals surface area contributed by atoms with Crippen LogP contribution in [0.3, 0.4) is 0 Å². The van der Waals surface area contributed by atoms with Crippen molar-refractivity contribution in [1.29, 1.82) is 0 Å². The SMILES string of the molecule is Cc1cc(C)n(-c2ccc(CNC(=O)Cn3nnc4ccccc43)c(C(F)(F)F)c2)n1. The molecule has 0 saturated heterocycles. The molecule has 4 rings (SSSR count). The molecule has 2 aromatic carbocycles. The van der Waals surface area contributed by atoms with Crippen LogP contribution in [0.5, 0.6) is 0 Å². The molecule has 4 aromatic rings. The first kappa shape index (κ1) is 20.6. The van der Waals surface area contributed by atoms with Gasteiger partial charge in [-0.1, -0.05) is 23.4 Å². The molecular weight excluding hydrogens is 409 g/mol. The summed E-state index contributed by atoms with van der Waals surface area (Å²) in [7, 11) is 0. The molecule has 160 valence electrons. The predicted octanol–water partition coefficient (Wildman–Crippen LogP) is 3.57. The second kappa shape index (κ2) is 7.86. The van der Waals surface area contributed by atoms with Gasteiger partial charge in [0, 0.05) is 12.2 Å². The number of hydrogen-bond donors (Lipinski definition) is 1. The zero-order valence-electron chi connectivity index (χ0n) is 16.8. The number of carbonyl (C=O) groups excluding carboxylic acids is 1. The van der Waals surface area contributed by atoms with Crippen molar-refractivity contribution >= 4 is 16.9 Å². The Morgan fingerprint density at radius 1 is 1.10 bits per heavy atom. The Bertz CT molecular complexity index is 1260. The number of benzene rings is 2. The van der Waals surface area contributed by atoms with Gasteiger partial charge in [0.1, 0.15) is 12.1 Å². The van der Waals surface area contributed by atoms with Gasteiger partial charge in [0.25, 0.3) is 0 Å². The maximum Gasteiger partial charge on any atom is 0.416 e. The highest BCUT2D eigenvalue weighted by molar-refractivity contribution is 5.79. The topological polar surface area (TPSA) is 77.6 Å². The van der Waals surface area contributed by atoms with Gasteiger partial charge in [-0.2, -0.15) is 18.3 Å². The van der Waals surface area contributed by atoms with Crippen molar-refractivity contribution in [3.63, 3.8) is 0 Å². The van der Waals surface area contributed by atoms with Crippen LogP contribution < -0.4 is 5.32 Å². The fraction of sp³-hybridized carbons (Fsp3) is 0.238. The number of rotatable bonds is 5. The highest BCUT2D eigenvalue weighted by Gasteiger charge is 2.34. The number of halogens is 3. The average Bonchev–Trinajstić information content (AvgIpc) is 3.28. The van der Waals surface area contributed by atoms with Crippen LogP contribution >= 0.6 is 0 Å². The Hall–Kier alpha value is -3.69. The van der Waals surface area contributed by atoms with Gasteiger partial charge in [-0.3, -0.25) is 4.79 Å². The third-order valence-electron chi connectivity index (χ3n) is 4.84. The van der Waals surface area contributed by atoms with Gasteiger partial charge in [-0.25, -0.2) is 9.36 Å². The van der Waals surface area contributed by atoms with E-state index in [2.05, 4.69) is 20.7 Å². The van der Waals surface area contributed by atoms with Gasteiger partial charge >= 0.3 is 6.18 Å². The number of nitrogens with one attached hydrogen (secondary N) is 1. The first-order chi connectivity index (χ1) is 14.7. The minimum absolute atomic E-state index is 0.0328. The van der Waals surface area contributed by atoms with Gasteiger partial charge in [0.15, 0.2) is 0 Å². The van der Waals surface area contributed by atoms with E-state index < -0.39 is 17.6 Å². The van der Waals surface area contributed by atoms with E-state index in [1.165, 1.54) is 15.4 Å². The molecule has 0 fully saturated rings. The number of aromatic nitrogens is 5. The molecule has 0 unspecified atom stereocenters. The van der Waals surface area contributed by atoms with Crippen LogP contribution in [0.15, 0.2) is 48.5 Å². The average molecular weight is 428 g/mol. The molecule has 0 aliphatic carbocycles. The monoisotopic (exact) mass is 428 g/mol. The van der Waals surface area contributed by atoms with E-state index in [1.807, 2.05) is 0 Å². The number of para-hydroxylation sites is 1. The van der Waals surface area contributed by atoms with Crippen LogP contribution in [0.1, 0.15) is 22.5 Å². The number of carbonyl (C=O) groups is 1. The first-order valence-corrected chi connectivity index (χ1v) is 9.51.